The number of anilines is 1. The molecule has 7 nitrogen and oxygen atoms in total. The van der Waals surface area contributed by atoms with E-state index in [1.807, 2.05) is 19.9 Å². The lowest BCUT2D eigenvalue weighted by atomic mass is 9.98. The minimum Gasteiger partial charge on any atom is -0.505 e. The first kappa shape index (κ1) is 23.1. The van der Waals surface area contributed by atoms with Crippen LogP contribution in [0.2, 0.25) is 0 Å². The van der Waals surface area contributed by atoms with Gasteiger partial charge in [-0.1, -0.05) is 33.8 Å². The quantitative estimate of drug-likeness (QED) is 0.588. The van der Waals surface area contributed by atoms with Crippen LogP contribution in [0, 0.1) is 0 Å². The molecule has 0 radical (unpaired) electrons. The standard InChI is InChI=1S/C21H25N3O4.C2H6/c1-12(2)13-8-14(28-11-13)10-22-17-9-18(25)19(17)23-16-7-5-6-15(20(16)26)21(27)24(3)4;1-2/h5-8,11-12,22-23,26H,9-10H2,1-4H3;1-2H3. The summed E-state index contributed by atoms with van der Waals surface area (Å²) in [5.41, 5.74) is 2.75. The molecule has 0 saturated carbocycles. The van der Waals surface area contributed by atoms with E-state index < -0.39 is 0 Å². The fourth-order valence-corrected chi connectivity index (χ4v) is 2.87. The molecule has 3 rings (SSSR count). The average Bonchev–Trinajstić information content (AvgIpc) is 3.20. The topological polar surface area (TPSA) is 94.8 Å². The largest absolute Gasteiger partial charge is 0.505 e. The SMILES string of the molecule is CC.CC(C)c1coc(CNC2=C(Nc3cccc(C(=O)N(C)C)c3O)C(=O)C2)c1. The van der Waals surface area contributed by atoms with Crippen molar-refractivity contribution in [3.63, 3.8) is 0 Å². The molecule has 162 valence electrons. The summed E-state index contributed by atoms with van der Waals surface area (Å²) < 4.78 is 5.54. The molecule has 1 heterocycles. The number of nitrogens with zero attached hydrogens (tertiary/aromatic N) is 1. The molecule has 7 heteroatoms. The Hall–Kier alpha value is -3.22. The molecule has 0 saturated heterocycles. The number of furan rings is 1. The molecule has 1 aliphatic carbocycles. The second-order valence-electron chi connectivity index (χ2n) is 7.33. The van der Waals surface area contributed by atoms with Gasteiger partial charge in [0, 0.05) is 19.8 Å². The Morgan fingerprint density at radius 2 is 1.97 bits per heavy atom. The van der Waals surface area contributed by atoms with Crippen molar-refractivity contribution in [3.05, 3.63) is 58.8 Å². The highest BCUT2D eigenvalue weighted by Gasteiger charge is 2.28. The number of carbonyl (C=O) groups excluding carboxylic acids is 2. The molecule has 0 bridgehead atoms. The number of rotatable bonds is 7. The van der Waals surface area contributed by atoms with Crippen LogP contribution in [0.5, 0.6) is 5.75 Å². The third-order valence-electron chi connectivity index (χ3n) is 4.67. The van der Waals surface area contributed by atoms with E-state index in [0.29, 0.717) is 23.8 Å². The summed E-state index contributed by atoms with van der Waals surface area (Å²) in [7, 11) is 3.22. The Balaban J connectivity index is 0.00000155. The molecule has 1 aromatic heterocycles. The lowest BCUT2D eigenvalue weighted by Gasteiger charge is -2.25. The average molecular weight is 414 g/mol. The van der Waals surface area contributed by atoms with Gasteiger partial charge in [-0.25, -0.2) is 0 Å². The van der Waals surface area contributed by atoms with Crippen LogP contribution in [0.15, 0.2) is 46.3 Å². The zero-order valence-electron chi connectivity index (χ0n) is 18.5. The van der Waals surface area contributed by atoms with E-state index in [2.05, 4.69) is 24.5 Å². The van der Waals surface area contributed by atoms with Gasteiger partial charge in [0.1, 0.15) is 11.5 Å². The van der Waals surface area contributed by atoms with Gasteiger partial charge in [-0.2, -0.15) is 0 Å². The highest BCUT2D eigenvalue weighted by molar-refractivity contribution is 6.07. The molecule has 1 aromatic carbocycles. The number of para-hydroxylation sites is 1. The van der Waals surface area contributed by atoms with Crippen molar-refractivity contribution < 1.29 is 19.1 Å². The molecule has 2 aromatic rings. The molecule has 3 N–H and O–H groups in total. The summed E-state index contributed by atoms with van der Waals surface area (Å²) in [6.45, 7) is 8.66. The van der Waals surface area contributed by atoms with E-state index in [4.69, 9.17) is 4.42 Å². The van der Waals surface area contributed by atoms with Crippen molar-refractivity contribution >= 4 is 17.4 Å². The molecule has 0 spiro atoms. The van der Waals surface area contributed by atoms with Gasteiger partial charge in [-0.15, -0.1) is 0 Å². The minimum absolute atomic E-state index is 0.0615. The Morgan fingerprint density at radius 1 is 1.27 bits per heavy atom. The predicted octanol–water partition coefficient (Wildman–Crippen LogP) is 4.22. The predicted molar refractivity (Wildman–Crippen MR) is 117 cm³/mol. The lowest BCUT2D eigenvalue weighted by molar-refractivity contribution is -0.116. The molecule has 0 aliphatic heterocycles. The first-order valence-electron chi connectivity index (χ1n) is 10.2. The molecule has 0 unspecified atom stereocenters. The Labute approximate surface area is 177 Å². The maximum absolute atomic E-state index is 12.2. The van der Waals surface area contributed by atoms with Crippen molar-refractivity contribution in [2.24, 2.45) is 0 Å². The summed E-state index contributed by atoms with van der Waals surface area (Å²) in [6, 6.07) is 6.82. The summed E-state index contributed by atoms with van der Waals surface area (Å²) in [5.74, 6) is 0.622. The van der Waals surface area contributed by atoms with Gasteiger partial charge in [0.25, 0.3) is 5.91 Å². The first-order valence-corrected chi connectivity index (χ1v) is 10.2. The second-order valence-corrected chi connectivity index (χ2v) is 7.33. The number of hydrogen-bond acceptors (Lipinski definition) is 6. The number of allylic oxidation sites excluding steroid dienone is 2. The van der Waals surface area contributed by atoms with Crippen LogP contribution in [0.1, 0.15) is 61.7 Å². The summed E-state index contributed by atoms with van der Waals surface area (Å²) in [5, 5.41) is 16.6. The van der Waals surface area contributed by atoms with Crippen LogP contribution >= 0.6 is 0 Å². The molecule has 0 fully saturated rings. The Morgan fingerprint density at radius 3 is 2.53 bits per heavy atom. The van der Waals surface area contributed by atoms with Gasteiger partial charge >= 0.3 is 0 Å². The minimum atomic E-state index is -0.313. The van der Waals surface area contributed by atoms with Crippen molar-refractivity contribution in [3.8, 4) is 5.75 Å². The summed E-state index contributed by atoms with van der Waals surface area (Å²) >= 11 is 0. The number of amides is 1. The fourth-order valence-electron chi connectivity index (χ4n) is 2.87. The van der Waals surface area contributed by atoms with E-state index in [9.17, 15) is 14.7 Å². The van der Waals surface area contributed by atoms with Crippen molar-refractivity contribution in [2.75, 3.05) is 19.4 Å². The maximum Gasteiger partial charge on any atom is 0.257 e. The van der Waals surface area contributed by atoms with Crippen LogP contribution in [0.3, 0.4) is 0 Å². The first-order chi connectivity index (χ1) is 14.3. The molecular formula is C23H31N3O4. The molecule has 1 amide bonds. The van der Waals surface area contributed by atoms with Gasteiger partial charge in [-0.3, -0.25) is 9.59 Å². The van der Waals surface area contributed by atoms with E-state index in [1.54, 1.807) is 38.6 Å². The molecule has 1 aliphatic rings. The number of benzene rings is 1. The number of carbonyl (C=O) groups is 2. The second kappa shape index (κ2) is 10.0. The third kappa shape index (κ3) is 5.03. The van der Waals surface area contributed by atoms with Gasteiger partial charge in [0.05, 0.1) is 30.5 Å². The number of hydrogen-bond donors (Lipinski definition) is 3. The molecule has 0 atom stereocenters. The maximum atomic E-state index is 12.2. The molecule has 30 heavy (non-hydrogen) atoms. The Kier molecular flexibility index (Phi) is 7.69. The monoisotopic (exact) mass is 413 g/mol. The van der Waals surface area contributed by atoms with Crippen LogP contribution in [0.4, 0.5) is 5.69 Å². The van der Waals surface area contributed by atoms with Gasteiger partial charge < -0.3 is 25.1 Å². The lowest BCUT2D eigenvalue weighted by Crippen LogP contribution is -2.32. The third-order valence-corrected chi connectivity index (χ3v) is 4.67. The van der Waals surface area contributed by atoms with Crippen LogP contribution < -0.4 is 10.6 Å². The number of ketones is 1. The van der Waals surface area contributed by atoms with Gasteiger partial charge in [0.2, 0.25) is 0 Å². The zero-order chi connectivity index (χ0) is 22.4. The number of nitrogens with one attached hydrogen (secondary N) is 2. The van der Waals surface area contributed by atoms with Crippen LogP contribution in [-0.2, 0) is 11.3 Å². The van der Waals surface area contributed by atoms with E-state index in [-0.39, 0.29) is 29.4 Å². The number of Topliss-reactive ketones (excluding diaryl/α,β-unsaturated/α-hetero) is 1. The number of aromatic hydroxyl groups is 1. The van der Waals surface area contributed by atoms with Crippen molar-refractivity contribution in [1.82, 2.24) is 10.2 Å². The normalized spacial score (nSPS) is 12.8. The summed E-state index contributed by atoms with van der Waals surface area (Å²) in [6.07, 6.45) is 2.03. The number of phenolic OH excluding ortho intramolecular Hbond substituents is 1. The van der Waals surface area contributed by atoms with Crippen molar-refractivity contribution in [2.45, 2.75) is 46.6 Å². The van der Waals surface area contributed by atoms with Crippen LogP contribution in [-0.4, -0.2) is 35.8 Å². The summed E-state index contributed by atoms with van der Waals surface area (Å²) in [4.78, 5) is 25.6. The number of phenols is 1. The Bertz CT molecular complexity index is 942. The zero-order valence-corrected chi connectivity index (χ0v) is 18.5. The van der Waals surface area contributed by atoms with E-state index in [1.165, 1.54) is 4.90 Å². The van der Waals surface area contributed by atoms with Gasteiger partial charge in [-0.05, 0) is 29.7 Å². The van der Waals surface area contributed by atoms with Gasteiger partial charge in [0.15, 0.2) is 11.5 Å². The highest BCUT2D eigenvalue weighted by Crippen LogP contribution is 2.32. The highest BCUT2D eigenvalue weighted by atomic mass is 16.3. The van der Waals surface area contributed by atoms with Crippen LogP contribution in [0.25, 0.3) is 0 Å². The smallest absolute Gasteiger partial charge is 0.257 e. The van der Waals surface area contributed by atoms with E-state index >= 15 is 0 Å². The van der Waals surface area contributed by atoms with E-state index in [0.717, 1.165) is 17.0 Å². The van der Waals surface area contributed by atoms with Crippen molar-refractivity contribution in [1.29, 1.82) is 0 Å². The molecular weight excluding hydrogens is 382 g/mol. The fraction of sp³-hybridized carbons (Fsp3) is 0.391.